The standard InChI is InChI=1S/C19H19F3N4O3/c20-19(21,22)15-6-7-17(23-13-15)24-8-3-9-25(11-10-24)18(27)12-14-4-1-2-5-16(14)26(28)29/h1-2,4-7,13H,3,8-12H2. The summed E-state index contributed by atoms with van der Waals surface area (Å²) in [6, 6.07) is 8.44. The maximum absolute atomic E-state index is 12.7. The minimum Gasteiger partial charge on any atom is -0.355 e. The van der Waals surface area contributed by atoms with Crippen molar-refractivity contribution in [2.24, 2.45) is 0 Å². The molecule has 1 saturated heterocycles. The van der Waals surface area contributed by atoms with Gasteiger partial charge in [-0.25, -0.2) is 4.98 Å². The van der Waals surface area contributed by atoms with Crippen molar-refractivity contribution in [3.63, 3.8) is 0 Å². The van der Waals surface area contributed by atoms with Crippen LogP contribution in [0.3, 0.4) is 0 Å². The normalized spacial score (nSPS) is 15.1. The zero-order valence-corrected chi connectivity index (χ0v) is 15.4. The van der Waals surface area contributed by atoms with Crippen molar-refractivity contribution in [2.45, 2.75) is 19.0 Å². The summed E-state index contributed by atoms with van der Waals surface area (Å²) in [5.41, 5.74) is -0.545. The highest BCUT2D eigenvalue weighted by Crippen LogP contribution is 2.29. The lowest BCUT2D eigenvalue weighted by atomic mass is 10.1. The number of nitro benzene ring substituents is 1. The molecule has 0 aliphatic carbocycles. The predicted molar refractivity (Wildman–Crippen MR) is 99.4 cm³/mol. The van der Waals surface area contributed by atoms with Crippen molar-refractivity contribution < 1.29 is 22.9 Å². The minimum atomic E-state index is -4.44. The maximum atomic E-state index is 12.7. The van der Waals surface area contributed by atoms with Crippen LogP contribution in [0.4, 0.5) is 24.7 Å². The lowest BCUT2D eigenvalue weighted by Gasteiger charge is -2.23. The number of aromatic nitrogens is 1. The second kappa shape index (κ2) is 8.46. The molecule has 154 valence electrons. The van der Waals surface area contributed by atoms with Gasteiger partial charge in [0.2, 0.25) is 5.91 Å². The van der Waals surface area contributed by atoms with Gasteiger partial charge in [-0.15, -0.1) is 0 Å². The summed E-state index contributed by atoms with van der Waals surface area (Å²) in [6.45, 7) is 1.80. The third-order valence-corrected chi connectivity index (χ3v) is 4.78. The number of carbonyl (C=O) groups excluding carboxylic acids is 1. The number of para-hydroxylation sites is 1. The highest BCUT2D eigenvalue weighted by Gasteiger charge is 2.31. The van der Waals surface area contributed by atoms with Crippen LogP contribution in [0, 0.1) is 10.1 Å². The molecule has 1 aromatic carbocycles. The Morgan fingerprint density at radius 1 is 1.10 bits per heavy atom. The molecule has 2 aromatic rings. The van der Waals surface area contributed by atoms with Crippen molar-refractivity contribution in [3.05, 3.63) is 63.8 Å². The van der Waals surface area contributed by atoms with Crippen LogP contribution in [-0.2, 0) is 17.4 Å². The van der Waals surface area contributed by atoms with Gasteiger partial charge in [0.25, 0.3) is 5.69 Å². The van der Waals surface area contributed by atoms with Gasteiger partial charge in [-0.3, -0.25) is 14.9 Å². The number of carbonyl (C=O) groups is 1. The quantitative estimate of drug-likeness (QED) is 0.573. The first-order valence-electron chi connectivity index (χ1n) is 9.04. The summed E-state index contributed by atoms with van der Waals surface area (Å²) >= 11 is 0. The number of anilines is 1. The molecule has 0 radical (unpaired) electrons. The van der Waals surface area contributed by atoms with E-state index in [-0.39, 0.29) is 18.0 Å². The van der Waals surface area contributed by atoms with E-state index in [1.807, 2.05) is 4.90 Å². The number of amides is 1. The van der Waals surface area contributed by atoms with Crippen LogP contribution in [0.25, 0.3) is 0 Å². The molecule has 0 spiro atoms. The van der Waals surface area contributed by atoms with Crippen molar-refractivity contribution in [1.29, 1.82) is 0 Å². The average molecular weight is 408 g/mol. The van der Waals surface area contributed by atoms with Gasteiger partial charge in [0.15, 0.2) is 0 Å². The Balaban J connectivity index is 1.64. The van der Waals surface area contributed by atoms with E-state index in [0.717, 1.165) is 12.3 Å². The Hall–Kier alpha value is -3.17. The zero-order valence-electron chi connectivity index (χ0n) is 15.4. The van der Waals surface area contributed by atoms with Gasteiger partial charge < -0.3 is 9.80 Å². The number of halogens is 3. The predicted octanol–water partition coefficient (Wildman–Crippen LogP) is 3.29. The number of hydrogen-bond acceptors (Lipinski definition) is 5. The number of pyridine rings is 1. The maximum Gasteiger partial charge on any atom is 0.417 e. The topological polar surface area (TPSA) is 79.6 Å². The molecule has 29 heavy (non-hydrogen) atoms. The van der Waals surface area contributed by atoms with E-state index in [1.54, 1.807) is 23.1 Å². The Morgan fingerprint density at radius 2 is 1.86 bits per heavy atom. The van der Waals surface area contributed by atoms with Crippen LogP contribution in [0.15, 0.2) is 42.6 Å². The van der Waals surface area contributed by atoms with E-state index < -0.39 is 16.7 Å². The zero-order chi connectivity index (χ0) is 21.0. The van der Waals surface area contributed by atoms with Gasteiger partial charge in [0, 0.05) is 44.0 Å². The summed E-state index contributed by atoms with van der Waals surface area (Å²) in [5, 5.41) is 11.1. The summed E-state index contributed by atoms with van der Waals surface area (Å²) in [5.74, 6) is 0.201. The molecule has 1 aliphatic rings. The van der Waals surface area contributed by atoms with E-state index in [1.165, 1.54) is 12.1 Å². The average Bonchev–Trinajstić information content (AvgIpc) is 2.94. The van der Waals surface area contributed by atoms with Crippen LogP contribution in [0.1, 0.15) is 17.5 Å². The number of nitro groups is 1. The molecule has 0 saturated carbocycles. The Kier molecular flexibility index (Phi) is 6.00. The fraction of sp³-hybridized carbons (Fsp3) is 0.368. The van der Waals surface area contributed by atoms with Gasteiger partial charge in [0.1, 0.15) is 5.82 Å². The van der Waals surface area contributed by atoms with Crippen molar-refractivity contribution >= 4 is 17.4 Å². The number of benzene rings is 1. The summed E-state index contributed by atoms with van der Waals surface area (Å²) < 4.78 is 38.1. The molecule has 1 aliphatic heterocycles. The summed E-state index contributed by atoms with van der Waals surface area (Å²) in [7, 11) is 0. The molecule has 3 rings (SSSR count). The second-order valence-electron chi connectivity index (χ2n) is 6.69. The van der Waals surface area contributed by atoms with Crippen LogP contribution in [0.2, 0.25) is 0 Å². The molecule has 2 heterocycles. The van der Waals surface area contributed by atoms with E-state index in [4.69, 9.17) is 0 Å². The van der Waals surface area contributed by atoms with Crippen LogP contribution >= 0.6 is 0 Å². The van der Waals surface area contributed by atoms with Crippen molar-refractivity contribution in [2.75, 3.05) is 31.1 Å². The molecule has 1 aromatic heterocycles. The van der Waals surface area contributed by atoms with E-state index >= 15 is 0 Å². The van der Waals surface area contributed by atoms with Crippen molar-refractivity contribution in [1.82, 2.24) is 9.88 Å². The highest BCUT2D eigenvalue weighted by molar-refractivity contribution is 5.80. The molecule has 10 heteroatoms. The molecule has 1 amide bonds. The van der Waals surface area contributed by atoms with Gasteiger partial charge >= 0.3 is 6.18 Å². The number of alkyl halides is 3. The summed E-state index contributed by atoms with van der Waals surface area (Å²) in [6.07, 6.45) is -3.09. The van der Waals surface area contributed by atoms with Gasteiger partial charge in [-0.05, 0) is 18.6 Å². The largest absolute Gasteiger partial charge is 0.417 e. The van der Waals surface area contributed by atoms with Crippen LogP contribution in [0.5, 0.6) is 0 Å². The van der Waals surface area contributed by atoms with Gasteiger partial charge in [0.05, 0.1) is 16.9 Å². The molecule has 1 fully saturated rings. The number of nitrogens with zero attached hydrogens (tertiary/aromatic N) is 4. The smallest absolute Gasteiger partial charge is 0.355 e. The number of hydrogen-bond donors (Lipinski definition) is 0. The van der Waals surface area contributed by atoms with Gasteiger partial charge in [-0.2, -0.15) is 13.2 Å². The molecule has 7 nitrogen and oxygen atoms in total. The first-order chi connectivity index (χ1) is 13.8. The monoisotopic (exact) mass is 408 g/mol. The molecular formula is C19H19F3N4O3. The molecule has 0 unspecified atom stereocenters. The Morgan fingerprint density at radius 3 is 2.52 bits per heavy atom. The number of rotatable bonds is 4. The van der Waals surface area contributed by atoms with Crippen LogP contribution < -0.4 is 4.90 Å². The van der Waals surface area contributed by atoms with E-state index in [2.05, 4.69) is 4.98 Å². The minimum absolute atomic E-state index is 0.0737. The van der Waals surface area contributed by atoms with Crippen molar-refractivity contribution in [3.8, 4) is 0 Å². The molecule has 0 atom stereocenters. The van der Waals surface area contributed by atoms with Crippen LogP contribution in [-0.4, -0.2) is 46.9 Å². The molecular weight excluding hydrogens is 389 g/mol. The van der Waals surface area contributed by atoms with E-state index in [9.17, 15) is 28.1 Å². The van der Waals surface area contributed by atoms with E-state index in [0.29, 0.717) is 44.0 Å². The summed E-state index contributed by atoms with van der Waals surface area (Å²) in [4.78, 5) is 30.6. The third kappa shape index (κ3) is 5.01. The lowest BCUT2D eigenvalue weighted by Crippen LogP contribution is -2.36. The fourth-order valence-corrected chi connectivity index (χ4v) is 3.25. The van der Waals surface area contributed by atoms with Gasteiger partial charge in [-0.1, -0.05) is 18.2 Å². The fourth-order valence-electron chi connectivity index (χ4n) is 3.25. The lowest BCUT2D eigenvalue weighted by molar-refractivity contribution is -0.385. The Bertz CT molecular complexity index is 887. The SMILES string of the molecule is O=C(Cc1ccccc1[N+](=O)[O-])N1CCCN(c2ccc(C(F)(F)F)cn2)CC1. The highest BCUT2D eigenvalue weighted by atomic mass is 19.4. The first-order valence-corrected chi connectivity index (χ1v) is 9.04. The molecule has 0 bridgehead atoms. The molecule has 0 N–H and O–H groups in total. The first kappa shape index (κ1) is 20.6. The second-order valence-corrected chi connectivity index (χ2v) is 6.69. The Labute approximate surface area is 164 Å². The third-order valence-electron chi connectivity index (χ3n) is 4.78.